The van der Waals surface area contributed by atoms with Gasteiger partial charge in [-0.3, -0.25) is 0 Å². The SMILES string of the molecule is [CH+]=C(C)C(=O)O. The van der Waals surface area contributed by atoms with Gasteiger partial charge in [0.2, 0.25) is 5.57 Å². The highest BCUT2D eigenvalue weighted by Crippen LogP contribution is 1.80. The van der Waals surface area contributed by atoms with Crippen molar-refractivity contribution in [3.05, 3.63) is 12.2 Å². The predicted molar refractivity (Wildman–Crippen MR) is 21.1 cm³/mol. The number of carboxylic acid groups (broad SMARTS) is 1. The van der Waals surface area contributed by atoms with Gasteiger partial charge in [0.25, 0.3) is 0 Å². The van der Waals surface area contributed by atoms with Gasteiger partial charge in [0.15, 0.2) is 0 Å². The second-order valence-corrected chi connectivity index (χ2v) is 0.988. The lowest BCUT2D eigenvalue weighted by atomic mass is 10.4. The Bertz CT molecular complexity index is 71.5. The van der Waals surface area contributed by atoms with E-state index in [0.29, 0.717) is 0 Å². The van der Waals surface area contributed by atoms with Gasteiger partial charge in [-0.2, -0.15) is 0 Å². The van der Waals surface area contributed by atoms with Crippen LogP contribution < -0.4 is 0 Å². The van der Waals surface area contributed by atoms with E-state index in [0.717, 1.165) is 0 Å². The molecule has 0 rings (SSSR count). The fourth-order valence-corrected chi connectivity index (χ4v) is 0. The molecule has 0 saturated carbocycles. The summed E-state index contributed by atoms with van der Waals surface area (Å²) >= 11 is 0. The number of carbonyl (C=O) groups is 1. The largest absolute Gasteiger partial charge is 0.484 e. The zero-order valence-electron chi connectivity index (χ0n) is 3.43. The van der Waals surface area contributed by atoms with Gasteiger partial charge >= 0.3 is 5.97 Å². The van der Waals surface area contributed by atoms with Gasteiger partial charge in [-0.1, -0.05) is 0 Å². The molecule has 0 bridgehead atoms. The third-order valence-electron chi connectivity index (χ3n) is 0.337. The van der Waals surface area contributed by atoms with E-state index in [2.05, 4.69) is 0 Å². The molecule has 0 aliphatic rings. The second-order valence-electron chi connectivity index (χ2n) is 0.988. The fraction of sp³-hybridized carbons (Fsp3) is 0.250. The van der Waals surface area contributed by atoms with Crippen LogP contribution in [0.2, 0.25) is 0 Å². The molecule has 0 spiro atoms. The monoisotopic (exact) mass is 85.0 g/mol. The first kappa shape index (κ1) is 5.12. The van der Waals surface area contributed by atoms with Gasteiger partial charge in [0.05, 0.1) is 6.58 Å². The summed E-state index contributed by atoms with van der Waals surface area (Å²) in [7, 11) is 0. The van der Waals surface area contributed by atoms with Crippen molar-refractivity contribution < 1.29 is 9.90 Å². The number of hydrogen-bond donors (Lipinski definition) is 1. The third-order valence-corrected chi connectivity index (χ3v) is 0.337. The van der Waals surface area contributed by atoms with Crippen LogP contribution in [-0.4, -0.2) is 11.1 Å². The summed E-state index contributed by atoms with van der Waals surface area (Å²) in [6, 6.07) is 0. The van der Waals surface area contributed by atoms with Crippen LogP contribution in [0.3, 0.4) is 0 Å². The Morgan fingerprint density at radius 1 is 1.83 bits per heavy atom. The lowest BCUT2D eigenvalue weighted by Gasteiger charge is -1.64. The van der Waals surface area contributed by atoms with E-state index in [-0.39, 0.29) is 5.57 Å². The van der Waals surface area contributed by atoms with Crippen molar-refractivity contribution >= 4 is 5.97 Å². The minimum absolute atomic E-state index is 0.0741. The molecule has 0 unspecified atom stereocenters. The Kier molecular flexibility index (Phi) is 1.31. The van der Waals surface area contributed by atoms with Crippen molar-refractivity contribution in [1.82, 2.24) is 0 Å². The molecule has 0 amide bonds. The van der Waals surface area contributed by atoms with Gasteiger partial charge in [0.1, 0.15) is 0 Å². The van der Waals surface area contributed by atoms with Crippen molar-refractivity contribution in [1.29, 1.82) is 0 Å². The summed E-state index contributed by atoms with van der Waals surface area (Å²) in [6.45, 7) is 6.09. The van der Waals surface area contributed by atoms with Crippen LogP contribution in [0.5, 0.6) is 0 Å². The first-order chi connectivity index (χ1) is 2.64. The number of carboxylic acids is 1. The van der Waals surface area contributed by atoms with Crippen LogP contribution in [0.25, 0.3) is 0 Å². The molecule has 0 aromatic heterocycles. The molecule has 0 heterocycles. The average molecular weight is 85.1 g/mol. The Hall–Kier alpha value is -0.880. The lowest BCUT2D eigenvalue weighted by Crippen LogP contribution is -1.92. The highest BCUT2D eigenvalue weighted by Gasteiger charge is 2.06. The Balaban J connectivity index is 3.57. The molecule has 0 radical (unpaired) electrons. The van der Waals surface area contributed by atoms with E-state index in [9.17, 15) is 4.79 Å². The Morgan fingerprint density at radius 3 is 2.00 bits per heavy atom. The topological polar surface area (TPSA) is 37.3 Å². The summed E-state index contributed by atoms with van der Waals surface area (Å²) in [5.41, 5.74) is -0.0741. The molecule has 6 heavy (non-hydrogen) atoms. The molecule has 0 aromatic rings. The minimum Gasteiger partial charge on any atom is -0.387 e. The van der Waals surface area contributed by atoms with E-state index in [4.69, 9.17) is 11.7 Å². The van der Waals surface area contributed by atoms with Crippen LogP contribution in [0, 0.1) is 6.58 Å². The summed E-state index contributed by atoms with van der Waals surface area (Å²) in [5, 5.41) is 7.83. The summed E-state index contributed by atoms with van der Waals surface area (Å²) in [4.78, 5) is 9.54. The molecular weight excluding hydrogens is 80.0 g/mol. The average Bonchev–Trinajstić information content (AvgIpc) is 1.36. The second kappa shape index (κ2) is 1.53. The number of hydrogen-bond acceptors (Lipinski definition) is 1. The summed E-state index contributed by atoms with van der Waals surface area (Å²) in [6.07, 6.45) is 0. The smallest absolute Gasteiger partial charge is 0.387 e. The first-order valence-corrected chi connectivity index (χ1v) is 1.47. The van der Waals surface area contributed by atoms with Crippen LogP contribution >= 0.6 is 0 Å². The summed E-state index contributed by atoms with van der Waals surface area (Å²) in [5.74, 6) is -1.05. The molecule has 0 aliphatic carbocycles. The fourth-order valence-electron chi connectivity index (χ4n) is 0. The zero-order chi connectivity index (χ0) is 5.15. The number of rotatable bonds is 1. The molecule has 2 nitrogen and oxygen atoms in total. The predicted octanol–water partition coefficient (Wildman–Crippen LogP) is 0.450. The van der Waals surface area contributed by atoms with E-state index in [1.165, 1.54) is 6.92 Å². The van der Waals surface area contributed by atoms with Crippen LogP contribution in [0.15, 0.2) is 5.57 Å². The quantitative estimate of drug-likeness (QED) is 0.370. The molecule has 0 atom stereocenters. The van der Waals surface area contributed by atoms with E-state index in [1.54, 1.807) is 0 Å². The molecule has 0 aromatic carbocycles. The van der Waals surface area contributed by atoms with Crippen molar-refractivity contribution in [3.63, 3.8) is 0 Å². The third kappa shape index (κ3) is 1.44. The van der Waals surface area contributed by atoms with Gasteiger partial charge in [-0.25, -0.2) is 0 Å². The molecule has 2 heteroatoms. The number of aliphatic carboxylic acids is 1. The molecular formula is C4H5O2+. The van der Waals surface area contributed by atoms with Crippen molar-refractivity contribution in [3.8, 4) is 0 Å². The molecule has 32 valence electrons. The highest BCUT2D eigenvalue weighted by atomic mass is 16.4. The zero-order valence-corrected chi connectivity index (χ0v) is 3.43. The lowest BCUT2D eigenvalue weighted by molar-refractivity contribution is -0.132. The summed E-state index contributed by atoms with van der Waals surface area (Å²) < 4.78 is 0. The van der Waals surface area contributed by atoms with Crippen LogP contribution in [0.1, 0.15) is 6.92 Å². The van der Waals surface area contributed by atoms with E-state index < -0.39 is 5.97 Å². The maximum Gasteiger partial charge on any atom is 0.484 e. The molecule has 0 aliphatic heterocycles. The minimum atomic E-state index is -1.05. The Morgan fingerprint density at radius 2 is 2.00 bits per heavy atom. The molecule has 1 N–H and O–H groups in total. The highest BCUT2D eigenvalue weighted by molar-refractivity contribution is 5.84. The van der Waals surface area contributed by atoms with Crippen LogP contribution in [0.4, 0.5) is 0 Å². The maximum absolute atomic E-state index is 9.54. The van der Waals surface area contributed by atoms with Gasteiger partial charge in [-0.05, 0) is 0 Å². The first-order valence-electron chi connectivity index (χ1n) is 1.47. The van der Waals surface area contributed by atoms with Gasteiger partial charge < -0.3 is 5.11 Å². The standard InChI is InChI=1S/C4H4O2/c1-3(2)4(5)6/h1H,2H3/p+1. The molecule has 0 saturated heterocycles. The van der Waals surface area contributed by atoms with Crippen molar-refractivity contribution in [2.75, 3.05) is 0 Å². The van der Waals surface area contributed by atoms with E-state index in [1.807, 2.05) is 0 Å². The van der Waals surface area contributed by atoms with Crippen molar-refractivity contribution in [2.24, 2.45) is 0 Å². The molecule has 0 fully saturated rings. The van der Waals surface area contributed by atoms with Gasteiger partial charge in [0, 0.05) is 6.92 Å². The van der Waals surface area contributed by atoms with Gasteiger partial charge in [-0.15, -0.1) is 4.79 Å². The van der Waals surface area contributed by atoms with E-state index >= 15 is 0 Å². The van der Waals surface area contributed by atoms with Crippen LogP contribution in [-0.2, 0) is 4.79 Å². The normalized spacial score (nSPS) is 7.33. The maximum atomic E-state index is 9.54. The Labute approximate surface area is 36.1 Å². The van der Waals surface area contributed by atoms with Crippen molar-refractivity contribution in [2.45, 2.75) is 6.92 Å².